The molecular weight excluding hydrogens is 252 g/mol. The predicted molar refractivity (Wildman–Crippen MR) is 80.8 cm³/mol. The normalized spacial score (nSPS) is 10.5. The SMILES string of the molecule is COC(=O)c1ccc(N=CN(C)c2ccccc2)cc1. The summed E-state index contributed by atoms with van der Waals surface area (Å²) in [5.41, 5.74) is 2.35. The van der Waals surface area contributed by atoms with E-state index in [9.17, 15) is 4.79 Å². The Morgan fingerprint density at radius 2 is 1.75 bits per heavy atom. The Kier molecular flexibility index (Phi) is 4.50. The third-order valence-corrected chi connectivity index (χ3v) is 2.83. The molecule has 2 aromatic rings. The number of hydrogen-bond acceptors (Lipinski definition) is 3. The van der Waals surface area contributed by atoms with Gasteiger partial charge in [0.05, 0.1) is 24.7 Å². The number of nitrogens with zero attached hydrogens (tertiary/aromatic N) is 2. The van der Waals surface area contributed by atoms with E-state index < -0.39 is 0 Å². The molecule has 4 nitrogen and oxygen atoms in total. The minimum absolute atomic E-state index is 0.345. The van der Waals surface area contributed by atoms with Gasteiger partial charge in [-0.2, -0.15) is 0 Å². The Labute approximate surface area is 118 Å². The van der Waals surface area contributed by atoms with Crippen molar-refractivity contribution in [1.29, 1.82) is 0 Å². The van der Waals surface area contributed by atoms with Gasteiger partial charge in [-0.05, 0) is 36.4 Å². The van der Waals surface area contributed by atoms with E-state index in [-0.39, 0.29) is 5.97 Å². The highest BCUT2D eigenvalue weighted by Crippen LogP contribution is 2.14. The highest BCUT2D eigenvalue weighted by Gasteiger charge is 2.03. The fraction of sp³-hybridized carbons (Fsp3) is 0.125. The van der Waals surface area contributed by atoms with Crippen molar-refractivity contribution >= 4 is 23.7 Å². The van der Waals surface area contributed by atoms with Crippen LogP contribution in [0.5, 0.6) is 0 Å². The fourth-order valence-electron chi connectivity index (χ4n) is 1.68. The summed E-state index contributed by atoms with van der Waals surface area (Å²) in [5, 5.41) is 0. The summed E-state index contributed by atoms with van der Waals surface area (Å²) < 4.78 is 4.65. The summed E-state index contributed by atoms with van der Waals surface area (Å²) in [7, 11) is 3.30. The number of carbonyl (C=O) groups is 1. The van der Waals surface area contributed by atoms with Crippen molar-refractivity contribution in [3.8, 4) is 0 Å². The molecule has 0 aromatic heterocycles. The van der Waals surface area contributed by atoms with Gasteiger partial charge in [-0.15, -0.1) is 0 Å². The Morgan fingerprint density at radius 3 is 2.35 bits per heavy atom. The molecule has 0 bridgehead atoms. The molecule has 0 N–H and O–H groups in total. The summed E-state index contributed by atoms with van der Waals surface area (Å²) in [6, 6.07) is 16.9. The van der Waals surface area contributed by atoms with Crippen LogP contribution in [0.3, 0.4) is 0 Å². The number of carbonyl (C=O) groups excluding carboxylic acids is 1. The molecule has 0 heterocycles. The maximum absolute atomic E-state index is 11.3. The van der Waals surface area contributed by atoms with Crippen molar-refractivity contribution in [2.24, 2.45) is 4.99 Å². The molecule has 0 fully saturated rings. The third kappa shape index (κ3) is 3.45. The number of methoxy groups -OCH3 is 1. The standard InChI is InChI=1S/C16H16N2O2/c1-18(15-6-4-3-5-7-15)12-17-14-10-8-13(9-11-14)16(19)20-2/h3-12H,1-2H3. The van der Waals surface area contributed by atoms with Crippen molar-refractivity contribution in [3.63, 3.8) is 0 Å². The maximum Gasteiger partial charge on any atom is 0.337 e. The van der Waals surface area contributed by atoms with Crippen LogP contribution in [0.4, 0.5) is 11.4 Å². The van der Waals surface area contributed by atoms with Gasteiger partial charge in [-0.1, -0.05) is 18.2 Å². The third-order valence-electron chi connectivity index (χ3n) is 2.83. The van der Waals surface area contributed by atoms with Crippen molar-refractivity contribution < 1.29 is 9.53 Å². The van der Waals surface area contributed by atoms with Gasteiger partial charge in [0.2, 0.25) is 0 Å². The molecule has 0 radical (unpaired) electrons. The molecule has 4 heteroatoms. The summed E-state index contributed by atoms with van der Waals surface area (Å²) in [6.07, 6.45) is 1.74. The summed E-state index contributed by atoms with van der Waals surface area (Å²) in [5.74, 6) is -0.345. The highest BCUT2D eigenvalue weighted by molar-refractivity contribution is 5.89. The minimum atomic E-state index is -0.345. The van der Waals surface area contributed by atoms with E-state index in [1.807, 2.05) is 42.3 Å². The molecule has 20 heavy (non-hydrogen) atoms. The van der Waals surface area contributed by atoms with E-state index in [0.717, 1.165) is 11.4 Å². The second kappa shape index (κ2) is 6.52. The average Bonchev–Trinajstić information content (AvgIpc) is 2.53. The zero-order valence-electron chi connectivity index (χ0n) is 11.5. The largest absolute Gasteiger partial charge is 0.465 e. The number of rotatable bonds is 4. The number of para-hydroxylation sites is 1. The van der Waals surface area contributed by atoms with E-state index in [4.69, 9.17) is 0 Å². The molecule has 0 saturated carbocycles. The first kappa shape index (κ1) is 13.8. The van der Waals surface area contributed by atoms with Crippen LogP contribution in [-0.4, -0.2) is 26.5 Å². The molecule has 0 saturated heterocycles. The lowest BCUT2D eigenvalue weighted by Crippen LogP contribution is -2.13. The lowest BCUT2D eigenvalue weighted by atomic mass is 10.2. The van der Waals surface area contributed by atoms with Gasteiger partial charge in [0.25, 0.3) is 0 Å². The molecule has 0 atom stereocenters. The smallest absolute Gasteiger partial charge is 0.337 e. The lowest BCUT2D eigenvalue weighted by Gasteiger charge is -2.12. The van der Waals surface area contributed by atoms with Gasteiger partial charge in [0, 0.05) is 12.7 Å². The Bertz CT molecular complexity index is 592. The topological polar surface area (TPSA) is 41.9 Å². The van der Waals surface area contributed by atoms with Crippen LogP contribution in [0.25, 0.3) is 0 Å². The molecule has 102 valence electrons. The number of aliphatic imine (C=N–C) groups is 1. The van der Waals surface area contributed by atoms with Crippen molar-refractivity contribution in [2.45, 2.75) is 0 Å². The van der Waals surface area contributed by atoms with E-state index >= 15 is 0 Å². The molecular formula is C16H16N2O2. The quantitative estimate of drug-likeness (QED) is 0.485. The van der Waals surface area contributed by atoms with Gasteiger partial charge < -0.3 is 9.64 Å². The van der Waals surface area contributed by atoms with Crippen LogP contribution in [0.1, 0.15) is 10.4 Å². The second-order valence-electron chi connectivity index (χ2n) is 4.23. The van der Waals surface area contributed by atoms with Crippen LogP contribution in [-0.2, 0) is 4.74 Å². The van der Waals surface area contributed by atoms with Gasteiger partial charge in [0.1, 0.15) is 0 Å². The van der Waals surface area contributed by atoms with Crippen LogP contribution >= 0.6 is 0 Å². The van der Waals surface area contributed by atoms with Crippen molar-refractivity contribution in [2.75, 3.05) is 19.1 Å². The van der Waals surface area contributed by atoms with E-state index in [2.05, 4.69) is 9.73 Å². The van der Waals surface area contributed by atoms with Crippen LogP contribution in [0, 0.1) is 0 Å². The summed E-state index contributed by atoms with van der Waals surface area (Å²) in [6.45, 7) is 0. The molecule has 0 aliphatic rings. The van der Waals surface area contributed by atoms with Crippen LogP contribution < -0.4 is 4.90 Å². The predicted octanol–water partition coefficient (Wildman–Crippen LogP) is 3.27. The van der Waals surface area contributed by atoms with E-state index in [1.54, 1.807) is 30.6 Å². The first-order chi connectivity index (χ1) is 9.70. The van der Waals surface area contributed by atoms with E-state index in [0.29, 0.717) is 5.56 Å². The van der Waals surface area contributed by atoms with Crippen LogP contribution in [0.15, 0.2) is 59.6 Å². The summed E-state index contributed by atoms with van der Waals surface area (Å²) in [4.78, 5) is 17.6. The Morgan fingerprint density at radius 1 is 1.10 bits per heavy atom. The molecule has 0 aliphatic heterocycles. The zero-order chi connectivity index (χ0) is 14.4. The van der Waals surface area contributed by atoms with Gasteiger partial charge in [-0.3, -0.25) is 0 Å². The first-order valence-corrected chi connectivity index (χ1v) is 6.21. The minimum Gasteiger partial charge on any atom is -0.465 e. The number of ether oxygens (including phenoxy) is 1. The van der Waals surface area contributed by atoms with Crippen LogP contribution in [0.2, 0.25) is 0 Å². The van der Waals surface area contributed by atoms with Gasteiger partial charge >= 0.3 is 5.97 Å². The Hall–Kier alpha value is -2.62. The maximum atomic E-state index is 11.3. The van der Waals surface area contributed by atoms with Gasteiger partial charge in [0.15, 0.2) is 0 Å². The van der Waals surface area contributed by atoms with Crippen molar-refractivity contribution in [1.82, 2.24) is 0 Å². The van der Waals surface area contributed by atoms with Crippen molar-refractivity contribution in [3.05, 3.63) is 60.2 Å². The number of anilines is 1. The molecule has 2 aromatic carbocycles. The molecule has 0 spiro atoms. The Balaban J connectivity index is 2.06. The highest BCUT2D eigenvalue weighted by atomic mass is 16.5. The lowest BCUT2D eigenvalue weighted by molar-refractivity contribution is 0.0601. The molecule has 0 amide bonds. The fourth-order valence-corrected chi connectivity index (χ4v) is 1.68. The second-order valence-corrected chi connectivity index (χ2v) is 4.23. The zero-order valence-corrected chi connectivity index (χ0v) is 11.5. The monoisotopic (exact) mass is 268 g/mol. The number of benzene rings is 2. The number of hydrogen-bond donors (Lipinski definition) is 0. The number of esters is 1. The first-order valence-electron chi connectivity index (χ1n) is 6.21. The van der Waals surface area contributed by atoms with E-state index in [1.165, 1.54) is 7.11 Å². The average molecular weight is 268 g/mol. The molecule has 0 unspecified atom stereocenters. The molecule has 2 rings (SSSR count). The molecule has 0 aliphatic carbocycles. The summed E-state index contributed by atoms with van der Waals surface area (Å²) >= 11 is 0. The van der Waals surface area contributed by atoms with Gasteiger partial charge in [-0.25, -0.2) is 9.79 Å².